The van der Waals surface area contributed by atoms with E-state index in [4.69, 9.17) is 19.3 Å². The van der Waals surface area contributed by atoms with Gasteiger partial charge in [-0.1, -0.05) is 6.08 Å². The predicted octanol–water partition coefficient (Wildman–Crippen LogP) is 2.98. The van der Waals surface area contributed by atoms with Gasteiger partial charge in [-0.25, -0.2) is 4.79 Å². The summed E-state index contributed by atoms with van der Waals surface area (Å²) in [6.45, 7) is 5.13. The van der Waals surface area contributed by atoms with Gasteiger partial charge < -0.3 is 19.3 Å². The Bertz CT molecular complexity index is 672. The Morgan fingerprint density at radius 2 is 1.59 bits per heavy atom. The summed E-state index contributed by atoms with van der Waals surface area (Å²) in [7, 11) is 0. The van der Waals surface area contributed by atoms with E-state index in [0.717, 1.165) is 0 Å². The number of rotatable bonds is 8. The maximum atomic E-state index is 12.2. The third kappa shape index (κ3) is 6.53. The van der Waals surface area contributed by atoms with Gasteiger partial charge in [0.2, 0.25) is 0 Å². The minimum Gasteiger partial charge on any atom is -0.481 e. The summed E-state index contributed by atoms with van der Waals surface area (Å²) in [6.07, 6.45) is 3.31. The van der Waals surface area contributed by atoms with Crippen molar-refractivity contribution in [1.82, 2.24) is 0 Å². The Kier molecular flexibility index (Phi) is 7.55. The minimum atomic E-state index is -0.809. The number of carboxylic acids is 1. The minimum absolute atomic E-state index is 0.192. The van der Waals surface area contributed by atoms with Crippen molar-refractivity contribution in [3.05, 3.63) is 36.9 Å². The maximum absolute atomic E-state index is 12.2. The largest absolute Gasteiger partial charge is 0.481 e. The molecule has 0 aromatic heterocycles. The van der Waals surface area contributed by atoms with E-state index < -0.39 is 11.9 Å². The summed E-state index contributed by atoms with van der Waals surface area (Å²) in [4.78, 5) is 34.8. The smallest absolute Gasteiger partial charge is 0.337 e. The van der Waals surface area contributed by atoms with E-state index in [1.165, 1.54) is 24.3 Å². The fraction of sp³-hybridized carbons (Fsp3) is 0.450. The van der Waals surface area contributed by atoms with Crippen molar-refractivity contribution in [2.75, 3.05) is 6.61 Å². The van der Waals surface area contributed by atoms with Crippen LogP contribution in [0.25, 0.3) is 0 Å². The number of aliphatic carboxylic acids is 1. The maximum Gasteiger partial charge on any atom is 0.337 e. The second-order valence-corrected chi connectivity index (χ2v) is 6.51. The zero-order valence-electron chi connectivity index (χ0n) is 15.3. The van der Waals surface area contributed by atoms with Crippen LogP contribution in [0.4, 0.5) is 0 Å². The first-order valence-corrected chi connectivity index (χ1v) is 8.88. The van der Waals surface area contributed by atoms with Crippen LogP contribution >= 0.6 is 0 Å². The average Bonchev–Trinajstić information content (AvgIpc) is 2.67. The van der Waals surface area contributed by atoms with Gasteiger partial charge in [0.05, 0.1) is 17.9 Å². The number of benzene rings is 1. The van der Waals surface area contributed by atoms with Crippen molar-refractivity contribution in [1.29, 1.82) is 0 Å². The van der Waals surface area contributed by atoms with Crippen LogP contribution in [0.2, 0.25) is 0 Å². The molecule has 0 aliphatic heterocycles. The molecule has 27 heavy (non-hydrogen) atoms. The zero-order valence-corrected chi connectivity index (χ0v) is 15.3. The summed E-state index contributed by atoms with van der Waals surface area (Å²) >= 11 is 0. The number of carboxylic acid groups (broad SMARTS) is 1. The molecule has 0 radical (unpaired) electrons. The SMILES string of the molecule is C=CC(C)OCC(=O)Oc1ccc(OC(=O)C2CCC(C(=O)O)CC2)cc1. The van der Waals surface area contributed by atoms with Crippen LogP contribution < -0.4 is 9.47 Å². The topological polar surface area (TPSA) is 99.1 Å². The van der Waals surface area contributed by atoms with Crippen LogP contribution in [-0.2, 0) is 19.1 Å². The average molecular weight is 376 g/mol. The Balaban J connectivity index is 1.79. The van der Waals surface area contributed by atoms with E-state index in [2.05, 4.69) is 6.58 Å². The third-order valence-corrected chi connectivity index (χ3v) is 4.48. The standard InChI is InChI=1S/C20H24O7/c1-3-13(2)25-12-18(21)26-16-8-10-17(11-9-16)27-20(24)15-6-4-14(5-7-15)19(22)23/h3,8-11,13-15H,1,4-7,12H2,2H3,(H,22,23). The molecule has 1 fully saturated rings. The summed E-state index contributed by atoms with van der Waals surface area (Å²) in [5.41, 5.74) is 0. The van der Waals surface area contributed by atoms with Gasteiger partial charge >= 0.3 is 17.9 Å². The normalized spacial score (nSPS) is 20.3. The van der Waals surface area contributed by atoms with Gasteiger partial charge in [-0.3, -0.25) is 9.59 Å². The summed E-state index contributed by atoms with van der Waals surface area (Å²) < 4.78 is 15.7. The highest BCUT2D eigenvalue weighted by Crippen LogP contribution is 2.30. The Hall–Kier alpha value is -2.67. The van der Waals surface area contributed by atoms with Crippen molar-refractivity contribution in [3.8, 4) is 11.5 Å². The van der Waals surface area contributed by atoms with Crippen LogP contribution in [0.15, 0.2) is 36.9 Å². The monoisotopic (exact) mass is 376 g/mol. The van der Waals surface area contributed by atoms with Crippen molar-refractivity contribution < 1.29 is 33.7 Å². The van der Waals surface area contributed by atoms with Crippen LogP contribution in [0, 0.1) is 11.8 Å². The molecule has 1 atom stereocenters. The number of hydrogen-bond acceptors (Lipinski definition) is 6. The second kappa shape index (κ2) is 9.87. The molecule has 0 bridgehead atoms. The molecule has 1 aromatic rings. The first-order chi connectivity index (χ1) is 12.9. The highest BCUT2D eigenvalue weighted by molar-refractivity contribution is 5.76. The van der Waals surface area contributed by atoms with Gasteiger partial charge in [-0.05, 0) is 56.9 Å². The van der Waals surface area contributed by atoms with Gasteiger partial charge in [0, 0.05) is 0 Å². The van der Waals surface area contributed by atoms with Crippen molar-refractivity contribution in [2.24, 2.45) is 11.8 Å². The van der Waals surface area contributed by atoms with Crippen LogP contribution in [0.1, 0.15) is 32.6 Å². The lowest BCUT2D eigenvalue weighted by Crippen LogP contribution is -2.28. The van der Waals surface area contributed by atoms with Gasteiger partial charge in [0.1, 0.15) is 18.1 Å². The molecule has 1 aromatic carbocycles. The highest BCUT2D eigenvalue weighted by atomic mass is 16.6. The first kappa shape index (κ1) is 20.6. The molecule has 1 aliphatic rings. The Morgan fingerprint density at radius 1 is 1.07 bits per heavy atom. The number of hydrogen-bond donors (Lipinski definition) is 1. The zero-order chi connectivity index (χ0) is 19.8. The van der Waals surface area contributed by atoms with E-state index in [0.29, 0.717) is 37.2 Å². The molecule has 1 saturated carbocycles. The lowest BCUT2D eigenvalue weighted by Gasteiger charge is -2.24. The molecule has 1 aliphatic carbocycles. The van der Waals surface area contributed by atoms with Crippen molar-refractivity contribution in [3.63, 3.8) is 0 Å². The second-order valence-electron chi connectivity index (χ2n) is 6.51. The molecule has 146 valence electrons. The van der Waals surface area contributed by atoms with Gasteiger partial charge in [0.25, 0.3) is 0 Å². The highest BCUT2D eigenvalue weighted by Gasteiger charge is 2.30. The lowest BCUT2D eigenvalue weighted by atomic mass is 9.82. The summed E-state index contributed by atoms with van der Waals surface area (Å²) in [5, 5.41) is 9.00. The molecule has 7 heteroatoms. The molecule has 7 nitrogen and oxygen atoms in total. The third-order valence-electron chi connectivity index (χ3n) is 4.48. The first-order valence-electron chi connectivity index (χ1n) is 8.88. The van der Waals surface area contributed by atoms with Crippen molar-refractivity contribution in [2.45, 2.75) is 38.7 Å². The van der Waals surface area contributed by atoms with E-state index in [9.17, 15) is 14.4 Å². The molecule has 2 rings (SSSR count). The molecule has 1 unspecified atom stereocenters. The molecule has 0 heterocycles. The quantitative estimate of drug-likeness (QED) is 0.423. The number of carbonyl (C=O) groups excluding carboxylic acids is 2. The van der Waals surface area contributed by atoms with E-state index in [1.807, 2.05) is 0 Å². The summed E-state index contributed by atoms with van der Waals surface area (Å²) in [5.74, 6) is -1.72. The molecule has 1 N–H and O–H groups in total. The van der Waals surface area contributed by atoms with E-state index >= 15 is 0 Å². The molecule has 0 spiro atoms. The predicted molar refractivity (Wildman–Crippen MR) is 96.4 cm³/mol. The number of ether oxygens (including phenoxy) is 3. The Morgan fingerprint density at radius 3 is 2.11 bits per heavy atom. The number of carbonyl (C=O) groups is 3. The van der Waals surface area contributed by atoms with Crippen LogP contribution in [0.5, 0.6) is 11.5 Å². The molecular formula is C20H24O7. The lowest BCUT2D eigenvalue weighted by molar-refractivity contribution is -0.146. The molecule has 0 amide bonds. The molecule has 0 saturated heterocycles. The van der Waals surface area contributed by atoms with Crippen molar-refractivity contribution >= 4 is 17.9 Å². The van der Waals surface area contributed by atoms with Gasteiger partial charge in [-0.15, -0.1) is 6.58 Å². The summed E-state index contributed by atoms with van der Waals surface area (Å²) in [6, 6.07) is 6.13. The van der Waals surface area contributed by atoms with Gasteiger partial charge in [0.15, 0.2) is 0 Å². The fourth-order valence-corrected chi connectivity index (χ4v) is 2.78. The molecular weight excluding hydrogens is 352 g/mol. The van der Waals surface area contributed by atoms with Crippen LogP contribution in [-0.4, -0.2) is 35.7 Å². The van der Waals surface area contributed by atoms with Gasteiger partial charge in [-0.2, -0.15) is 0 Å². The van der Waals surface area contributed by atoms with E-state index in [1.54, 1.807) is 13.0 Å². The van der Waals surface area contributed by atoms with E-state index in [-0.39, 0.29) is 30.5 Å². The van der Waals surface area contributed by atoms with Crippen LogP contribution in [0.3, 0.4) is 0 Å². The Labute approximate surface area is 157 Å². The fourth-order valence-electron chi connectivity index (χ4n) is 2.78. The number of esters is 2.